The Hall–Kier alpha value is -2.14. The predicted molar refractivity (Wildman–Crippen MR) is 90.7 cm³/mol. The fourth-order valence-electron chi connectivity index (χ4n) is 2.17. The van der Waals surface area contributed by atoms with Crippen LogP contribution in [0.25, 0.3) is 0 Å². The number of carbonyl (C=O) groups excluding carboxylic acids is 2. The minimum absolute atomic E-state index is 0.0203. The third-order valence-corrected chi connectivity index (χ3v) is 4.38. The van der Waals surface area contributed by atoms with Gasteiger partial charge in [0.15, 0.2) is 0 Å². The molecule has 0 bridgehead atoms. The van der Waals surface area contributed by atoms with Crippen molar-refractivity contribution >= 4 is 28.8 Å². The maximum Gasteiger partial charge on any atom is 0.265 e. The summed E-state index contributed by atoms with van der Waals surface area (Å²) < 4.78 is 0. The van der Waals surface area contributed by atoms with E-state index in [2.05, 4.69) is 5.32 Å². The van der Waals surface area contributed by atoms with E-state index >= 15 is 0 Å². The maximum atomic E-state index is 12.3. The molecule has 116 valence electrons. The van der Waals surface area contributed by atoms with E-state index < -0.39 is 0 Å². The third kappa shape index (κ3) is 3.74. The normalized spacial score (nSPS) is 10.3. The van der Waals surface area contributed by atoms with Crippen LogP contribution in [0.3, 0.4) is 0 Å². The second-order valence-electron chi connectivity index (χ2n) is 4.92. The minimum Gasteiger partial charge on any atom is -0.339 e. The molecule has 1 aromatic carbocycles. The highest BCUT2D eigenvalue weighted by molar-refractivity contribution is 7.14. The first-order valence-corrected chi connectivity index (χ1v) is 8.14. The summed E-state index contributed by atoms with van der Waals surface area (Å²) in [5.41, 5.74) is 1.22. The lowest BCUT2D eigenvalue weighted by Gasteiger charge is -2.18. The Bertz CT molecular complexity index is 675. The van der Waals surface area contributed by atoms with Gasteiger partial charge in [-0.1, -0.05) is 6.07 Å². The lowest BCUT2D eigenvalue weighted by molar-refractivity contribution is 0.0772. The molecular weight excluding hydrogens is 296 g/mol. The van der Waals surface area contributed by atoms with Gasteiger partial charge in [0.05, 0.1) is 4.88 Å². The molecule has 0 saturated carbocycles. The van der Waals surface area contributed by atoms with E-state index in [0.29, 0.717) is 29.2 Å². The zero-order chi connectivity index (χ0) is 16.1. The van der Waals surface area contributed by atoms with Crippen LogP contribution in [0.4, 0.5) is 5.69 Å². The molecule has 1 heterocycles. The van der Waals surface area contributed by atoms with Crippen LogP contribution in [0, 0.1) is 6.92 Å². The Morgan fingerprint density at radius 2 is 1.86 bits per heavy atom. The van der Waals surface area contributed by atoms with Crippen LogP contribution >= 0.6 is 11.3 Å². The van der Waals surface area contributed by atoms with Gasteiger partial charge in [-0.25, -0.2) is 0 Å². The van der Waals surface area contributed by atoms with Gasteiger partial charge in [0.1, 0.15) is 0 Å². The van der Waals surface area contributed by atoms with E-state index in [0.717, 1.165) is 4.88 Å². The summed E-state index contributed by atoms with van der Waals surface area (Å²) >= 11 is 1.45. The summed E-state index contributed by atoms with van der Waals surface area (Å²) in [6.07, 6.45) is 0. The van der Waals surface area contributed by atoms with Crippen LogP contribution in [-0.2, 0) is 0 Å². The molecule has 5 heteroatoms. The number of hydrogen-bond donors (Lipinski definition) is 1. The van der Waals surface area contributed by atoms with Crippen molar-refractivity contribution in [2.75, 3.05) is 18.4 Å². The van der Waals surface area contributed by atoms with E-state index in [1.165, 1.54) is 11.3 Å². The fourth-order valence-corrected chi connectivity index (χ4v) is 2.94. The van der Waals surface area contributed by atoms with Crippen molar-refractivity contribution in [2.24, 2.45) is 0 Å². The summed E-state index contributed by atoms with van der Waals surface area (Å²) in [5, 5.41) is 2.84. The molecule has 0 spiro atoms. The number of benzene rings is 1. The Morgan fingerprint density at radius 3 is 2.45 bits per heavy atom. The van der Waals surface area contributed by atoms with E-state index in [1.807, 2.05) is 26.8 Å². The number of nitrogens with zero attached hydrogens (tertiary/aromatic N) is 1. The van der Waals surface area contributed by atoms with E-state index in [9.17, 15) is 9.59 Å². The summed E-state index contributed by atoms with van der Waals surface area (Å²) in [7, 11) is 0. The molecule has 2 rings (SSSR count). The molecule has 0 fully saturated rings. The smallest absolute Gasteiger partial charge is 0.265 e. The van der Waals surface area contributed by atoms with Gasteiger partial charge in [0, 0.05) is 29.2 Å². The minimum atomic E-state index is -0.148. The monoisotopic (exact) mass is 316 g/mol. The molecule has 0 saturated heterocycles. The van der Waals surface area contributed by atoms with Crippen LogP contribution in [0.5, 0.6) is 0 Å². The Labute approximate surface area is 134 Å². The van der Waals surface area contributed by atoms with Crippen molar-refractivity contribution in [1.29, 1.82) is 0 Å². The predicted octanol–water partition coefficient (Wildman–Crippen LogP) is 3.79. The van der Waals surface area contributed by atoms with Crippen LogP contribution in [0.1, 0.15) is 38.8 Å². The largest absolute Gasteiger partial charge is 0.339 e. The number of aryl methyl sites for hydroxylation is 1. The van der Waals surface area contributed by atoms with Crippen molar-refractivity contribution < 1.29 is 9.59 Å². The molecule has 0 atom stereocenters. The molecule has 0 unspecified atom stereocenters. The van der Waals surface area contributed by atoms with Gasteiger partial charge in [-0.2, -0.15) is 0 Å². The zero-order valence-corrected chi connectivity index (χ0v) is 13.9. The topological polar surface area (TPSA) is 49.4 Å². The Kier molecular flexibility index (Phi) is 5.33. The summed E-state index contributed by atoms with van der Waals surface area (Å²) in [6.45, 7) is 7.20. The highest BCUT2D eigenvalue weighted by Gasteiger charge is 2.14. The van der Waals surface area contributed by atoms with Crippen molar-refractivity contribution in [2.45, 2.75) is 20.8 Å². The van der Waals surface area contributed by atoms with Crippen LogP contribution in [0.15, 0.2) is 36.4 Å². The van der Waals surface area contributed by atoms with Gasteiger partial charge in [0.25, 0.3) is 11.8 Å². The molecule has 22 heavy (non-hydrogen) atoms. The Balaban J connectivity index is 2.15. The number of anilines is 1. The molecule has 0 aliphatic carbocycles. The maximum absolute atomic E-state index is 12.3. The van der Waals surface area contributed by atoms with E-state index in [-0.39, 0.29) is 11.8 Å². The van der Waals surface area contributed by atoms with Gasteiger partial charge >= 0.3 is 0 Å². The molecule has 2 amide bonds. The molecule has 1 aromatic heterocycles. The van der Waals surface area contributed by atoms with E-state index in [1.54, 1.807) is 35.2 Å². The van der Waals surface area contributed by atoms with Gasteiger partial charge in [-0.05, 0) is 51.1 Å². The highest BCUT2D eigenvalue weighted by atomic mass is 32.1. The number of rotatable bonds is 5. The second-order valence-corrected chi connectivity index (χ2v) is 6.21. The van der Waals surface area contributed by atoms with Gasteiger partial charge in [-0.3, -0.25) is 9.59 Å². The van der Waals surface area contributed by atoms with Crippen molar-refractivity contribution in [3.63, 3.8) is 0 Å². The van der Waals surface area contributed by atoms with Gasteiger partial charge in [0.2, 0.25) is 0 Å². The molecule has 4 nitrogen and oxygen atoms in total. The fraction of sp³-hybridized carbons (Fsp3) is 0.294. The standard InChI is InChI=1S/C17H20N2O2S/c1-4-19(5-2)17(21)13-7-6-8-14(11-13)18-16(20)15-10-9-12(3)22-15/h6-11H,4-5H2,1-3H3,(H,18,20). The quantitative estimate of drug-likeness (QED) is 0.912. The lowest BCUT2D eigenvalue weighted by atomic mass is 10.1. The zero-order valence-electron chi connectivity index (χ0n) is 13.1. The number of amides is 2. The Morgan fingerprint density at radius 1 is 1.14 bits per heavy atom. The second kappa shape index (κ2) is 7.22. The van der Waals surface area contributed by atoms with Crippen molar-refractivity contribution in [1.82, 2.24) is 4.90 Å². The number of thiophene rings is 1. The summed E-state index contributed by atoms with van der Waals surface area (Å²) in [5.74, 6) is -0.168. The first-order chi connectivity index (χ1) is 10.5. The van der Waals surface area contributed by atoms with Crippen LogP contribution < -0.4 is 5.32 Å². The average molecular weight is 316 g/mol. The third-order valence-electron chi connectivity index (χ3n) is 3.38. The first-order valence-electron chi connectivity index (χ1n) is 7.32. The summed E-state index contributed by atoms with van der Waals surface area (Å²) in [4.78, 5) is 28.0. The van der Waals surface area contributed by atoms with Crippen molar-refractivity contribution in [3.8, 4) is 0 Å². The lowest BCUT2D eigenvalue weighted by Crippen LogP contribution is -2.30. The molecule has 0 aliphatic rings. The van der Waals surface area contributed by atoms with Crippen molar-refractivity contribution in [3.05, 3.63) is 51.7 Å². The molecule has 1 N–H and O–H groups in total. The SMILES string of the molecule is CCN(CC)C(=O)c1cccc(NC(=O)c2ccc(C)s2)c1. The number of hydrogen-bond acceptors (Lipinski definition) is 3. The molecule has 0 radical (unpaired) electrons. The summed E-state index contributed by atoms with van der Waals surface area (Å²) in [6, 6.07) is 10.8. The van der Waals surface area contributed by atoms with Gasteiger partial charge in [-0.15, -0.1) is 11.3 Å². The van der Waals surface area contributed by atoms with Gasteiger partial charge < -0.3 is 10.2 Å². The highest BCUT2D eigenvalue weighted by Crippen LogP contribution is 2.18. The first kappa shape index (κ1) is 16.2. The number of nitrogens with one attached hydrogen (secondary N) is 1. The van der Waals surface area contributed by atoms with Crippen LogP contribution in [0.2, 0.25) is 0 Å². The average Bonchev–Trinajstić information content (AvgIpc) is 2.95. The molecule has 2 aromatic rings. The molecular formula is C17H20N2O2S. The molecule has 0 aliphatic heterocycles. The van der Waals surface area contributed by atoms with Crippen LogP contribution in [-0.4, -0.2) is 29.8 Å². The number of carbonyl (C=O) groups is 2. The van der Waals surface area contributed by atoms with E-state index in [4.69, 9.17) is 0 Å².